The third kappa shape index (κ3) is 6.69. The van der Waals surface area contributed by atoms with Gasteiger partial charge in [-0.05, 0) is 24.1 Å². The second kappa shape index (κ2) is 11.3. The minimum absolute atomic E-state index is 0.132. The van der Waals surface area contributed by atoms with E-state index in [0.717, 1.165) is 44.8 Å². The normalized spacial score (nSPS) is 15.0. The number of methoxy groups -OCH3 is 1. The van der Waals surface area contributed by atoms with E-state index in [1.165, 1.54) is 5.56 Å². The Bertz CT molecular complexity index is 786. The second-order valence-corrected chi connectivity index (χ2v) is 7.10. The Morgan fingerprint density at radius 2 is 1.97 bits per heavy atom. The predicted octanol–water partition coefficient (Wildman–Crippen LogP) is 2.68. The van der Waals surface area contributed by atoms with Crippen LogP contribution in [0.25, 0.3) is 6.08 Å². The molecule has 1 aromatic heterocycles. The minimum Gasteiger partial charge on any atom is -0.385 e. The minimum atomic E-state index is -0.132. The van der Waals surface area contributed by atoms with Gasteiger partial charge in [-0.15, -0.1) is 0 Å². The third-order valence-electron chi connectivity index (χ3n) is 5.00. The number of ether oxygens (including phenoxy) is 1. The van der Waals surface area contributed by atoms with Crippen molar-refractivity contribution in [1.29, 1.82) is 0 Å². The molecule has 0 aliphatic carbocycles. The summed E-state index contributed by atoms with van der Waals surface area (Å²) in [6.45, 7) is 6.07. The highest BCUT2D eigenvalue weighted by Gasteiger charge is 2.17. The molecular weight excluding hydrogens is 364 g/mol. The molecule has 2 aromatic rings. The van der Waals surface area contributed by atoms with Crippen LogP contribution in [0.5, 0.6) is 0 Å². The maximum absolute atomic E-state index is 12.3. The van der Waals surface area contributed by atoms with E-state index in [2.05, 4.69) is 56.5 Å². The van der Waals surface area contributed by atoms with Gasteiger partial charge in [0.05, 0.1) is 0 Å². The molecular formula is C23H30N4O2. The molecule has 1 N–H and O–H groups in total. The van der Waals surface area contributed by atoms with E-state index < -0.39 is 0 Å². The van der Waals surface area contributed by atoms with Gasteiger partial charge in [-0.2, -0.15) is 0 Å². The molecule has 0 radical (unpaired) electrons. The molecule has 0 bridgehead atoms. The SMILES string of the molecule is COCCCNC(=O)c1cc(N2CCN(C/C=C/c3ccccc3)CC2)ccn1. The number of anilines is 1. The number of amides is 1. The monoisotopic (exact) mass is 394 g/mol. The third-order valence-corrected chi connectivity index (χ3v) is 5.00. The summed E-state index contributed by atoms with van der Waals surface area (Å²) in [7, 11) is 1.66. The van der Waals surface area contributed by atoms with Gasteiger partial charge in [0.2, 0.25) is 0 Å². The summed E-state index contributed by atoms with van der Waals surface area (Å²) in [5.41, 5.74) is 2.76. The predicted molar refractivity (Wildman–Crippen MR) is 117 cm³/mol. The number of hydrogen-bond donors (Lipinski definition) is 1. The summed E-state index contributed by atoms with van der Waals surface area (Å²) in [4.78, 5) is 21.3. The van der Waals surface area contributed by atoms with Crippen molar-refractivity contribution >= 4 is 17.7 Å². The van der Waals surface area contributed by atoms with Gasteiger partial charge >= 0.3 is 0 Å². The molecule has 1 aliphatic heterocycles. The van der Waals surface area contributed by atoms with Crippen molar-refractivity contribution in [3.63, 3.8) is 0 Å². The van der Waals surface area contributed by atoms with Gasteiger partial charge in [0.1, 0.15) is 5.69 Å². The summed E-state index contributed by atoms with van der Waals surface area (Å²) in [6, 6.07) is 14.2. The molecule has 0 unspecified atom stereocenters. The lowest BCUT2D eigenvalue weighted by atomic mass is 10.2. The number of nitrogens with one attached hydrogen (secondary N) is 1. The van der Waals surface area contributed by atoms with Crippen molar-refractivity contribution in [2.75, 3.05) is 57.9 Å². The van der Waals surface area contributed by atoms with Gasteiger partial charge in [-0.3, -0.25) is 14.7 Å². The Morgan fingerprint density at radius 3 is 2.72 bits per heavy atom. The van der Waals surface area contributed by atoms with Crippen LogP contribution in [-0.4, -0.2) is 68.8 Å². The Labute approximate surface area is 173 Å². The van der Waals surface area contributed by atoms with Crippen molar-refractivity contribution < 1.29 is 9.53 Å². The molecule has 6 heteroatoms. The molecule has 6 nitrogen and oxygen atoms in total. The van der Waals surface area contributed by atoms with Gasteiger partial charge < -0.3 is 15.0 Å². The van der Waals surface area contributed by atoms with Gasteiger partial charge in [0.15, 0.2) is 0 Å². The molecule has 1 aromatic carbocycles. The lowest BCUT2D eigenvalue weighted by Crippen LogP contribution is -2.46. The van der Waals surface area contributed by atoms with E-state index in [4.69, 9.17) is 4.74 Å². The average molecular weight is 395 g/mol. The highest BCUT2D eigenvalue weighted by molar-refractivity contribution is 5.93. The number of rotatable bonds is 9. The number of benzene rings is 1. The van der Waals surface area contributed by atoms with E-state index in [1.807, 2.05) is 18.2 Å². The first-order valence-electron chi connectivity index (χ1n) is 10.2. The molecule has 1 saturated heterocycles. The van der Waals surface area contributed by atoms with Crippen LogP contribution >= 0.6 is 0 Å². The topological polar surface area (TPSA) is 57.7 Å². The van der Waals surface area contributed by atoms with E-state index in [-0.39, 0.29) is 5.91 Å². The first-order valence-corrected chi connectivity index (χ1v) is 10.2. The summed E-state index contributed by atoms with van der Waals surface area (Å²) in [6.07, 6.45) is 6.91. The number of nitrogens with zero attached hydrogens (tertiary/aromatic N) is 3. The van der Waals surface area contributed by atoms with E-state index in [1.54, 1.807) is 13.3 Å². The molecule has 0 saturated carbocycles. The maximum Gasteiger partial charge on any atom is 0.269 e. The summed E-state index contributed by atoms with van der Waals surface area (Å²) in [5, 5.41) is 2.89. The number of carbonyl (C=O) groups is 1. The van der Waals surface area contributed by atoms with Crippen molar-refractivity contribution in [3.05, 3.63) is 66.0 Å². The number of piperazine rings is 1. The molecule has 3 rings (SSSR count). The fraction of sp³-hybridized carbons (Fsp3) is 0.391. The van der Waals surface area contributed by atoms with Crippen LogP contribution in [0.4, 0.5) is 5.69 Å². The van der Waals surface area contributed by atoms with Gasteiger partial charge in [-0.25, -0.2) is 0 Å². The Kier molecular flexibility index (Phi) is 8.22. The van der Waals surface area contributed by atoms with Crippen LogP contribution in [0.3, 0.4) is 0 Å². The Morgan fingerprint density at radius 1 is 1.17 bits per heavy atom. The highest BCUT2D eigenvalue weighted by Crippen LogP contribution is 2.17. The van der Waals surface area contributed by atoms with Gasteiger partial charge in [-0.1, -0.05) is 42.5 Å². The zero-order valence-electron chi connectivity index (χ0n) is 17.1. The van der Waals surface area contributed by atoms with E-state index >= 15 is 0 Å². The lowest BCUT2D eigenvalue weighted by Gasteiger charge is -2.35. The molecule has 1 fully saturated rings. The average Bonchev–Trinajstić information content (AvgIpc) is 2.78. The Balaban J connectivity index is 1.46. The number of hydrogen-bond acceptors (Lipinski definition) is 5. The van der Waals surface area contributed by atoms with Crippen LogP contribution in [-0.2, 0) is 4.74 Å². The molecule has 1 aliphatic rings. The maximum atomic E-state index is 12.3. The number of aromatic nitrogens is 1. The van der Waals surface area contributed by atoms with E-state index in [0.29, 0.717) is 18.8 Å². The number of carbonyl (C=O) groups excluding carboxylic acids is 1. The smallest absolute Gasteiger partial charge is 0.269 e. The van der Waals surface area contributed by atoms with Gasteiger partial charge in [0, 0.05) is 64.9 Å². The zero-order chi connectivity index (χ0) is 20.3. The highest BCUT2D eigenvalue weighted by atomic mass is 16.5. The molecule has 154 valence electrons. The molecule has 2 heterocycles. The van der Waals surface area contributed by atoms with Crippen molar-refractivity contribution in [1.82, 2.24) is 15.2 Å². The van der Waals surface area contributed by atoms with Crippen LogP contribution < -0.4 is 10.2 Å². The fourth-order valence-corrected chi connectivity index (χ4v) is 3.34. The van der Waals surface area contributed by atoms with Crippen molar-refractivity contribution in [2.24, 2.45) is 0 Å². The van der Waals surface area contributed by atoms with Crippen LogP contribution in [0.2, 0.25) is 0 Å². The standard InChI is InChI=1S/C23H30N4O2/c1-29-18-6-11-25-23(28)22-19-21(10-12-24-22)27-16-14-26(15-17-27)13-5-9-20-7-3-2-4-8-20/h2-5,7-10,12,19H,6,11,13-18H2,1H3,(H,25,28)/b9-5+. The fourth-order valence-electron chi connectivity index (χ4n) is 3.34. The largest absolute Gasteiger partial charge is 0.385 e. The van der Waals surface area contributed by atoms with Gasteiger partial charge in [0.25, 0.3) is 5.91 Å². The molecule has 0 spiro atoms. The first kappa shape index (κ1) is 21.0. The van der Waals surface area contributed by atoms with Crippen LogP contribution in [0.15, 0.2) is 54.7 Å². The lowest BCUT2D eigenvalue weighted by molar-refractivity contribution is 0.0943. The quantitative estimate of drug-likeness (QED) is 0.663. The summed E-state index contributed by atoms with van der Waals surface area (Å²) in [5.74, 6) is -0.132. The summed E-state index contributed by atoms with van der Waals surface area (Å²) >= 11 is 0. The van der Waals surface area contributed by atoms with E-state index in [9.17, 15) is 4.79 Å². The molecule has 0 atom stereocenters. The second-order valence-electron chi connectivity index (χ2n) is 7.10. The molecule has 29 heavy (non-hydrogen) atoms. The van der Waals surface area contributed by atoms with Crippen molar-refractivity contribution in [3.8, 4) is 0 Å². The van der Waals surface area contributed by atoms with Crippen LogP contribution in [0.1, 0.15) is 22.5 Å². The van der Waals surface area contributed by atoms with Crippen molar-refractivity contribution in [2.45, 2.75) is 6.42 Å². The Hall–Kier alpha value is -2.70. The van der Waals surface area contributed by atoms with Crippen LogP contribution in [0, 0.1) is 0 Å². The molecule has 1 amide bonds. The number of pyridine rings is 1. The first-order chi connectivity index (χ1) is 14.3. The summed E-state index contributed by atoms with van der Waals surface area (Å²) < 4.78 is 5.00. The zero-order valence-corrected chi connectivity index (χ0v) is 17.1.